The van der Waals surface area contributed by atoms with Crippen molar-refractivity contribution in [2.24, 2.45) is 0 Å². The number of piperazine rings is 1. The molecule has 3 fully saturated rings. The Morgan fingerprint density at radius 3 is 2.53 bits per heavy atom. The molecule has 0 aliphatic carbocycles. The first-order chi connectivity index (χ1) is 15.9. The van der Waals surface area contributed by atoms with E-state index >= 15 is 0 Å². The predicted octanol–water partition coefficient (Wildman–Crippen LogP) is 0.840. The monoisotopic (exact) mass is 502 g/mol. The quantitative estimate of drug-likeness (QED) is 0.549. The molecule has 0 radical (unpaired) electrons. The number of hydroxylamine groups is 2. The molecule has 3 aliphatic heterocycles. The molecule has 0 aromatic carbocycles. The number of amides is 3. The number of nitrogens with zero attached hydrogens (tertiary/aromatic N) is 6. The fraction of sp³-hybridized carbons (Fsp3) is 0.789. The van der Waals surface area contributed by atoms with Gasteiger partial charge in [0.2, 0.25) is 11.8 Å². The van der Waals surface area contributed by atoms with Crippen molar-refractivity contribution < 1.29 is 36.0 Å². The molecule has 3 aliphatic rings. The molecule has 1 N–H and O–H groups in total. The first-order valence-electron chi connectivity index (χ1n) is 11.2. The summed E-state index contributed by atoms with van der Waals surface area (Å²) in [5, 5.41) is 8.88. The molecule has 4 rings (SSSR count). The Morgan fingerprint density at radius 1 is 1.18 bits per heavy atom. The highest BCUT2D eigenvalue weighted by molar-refractivity contribution is 7.80. The summed E-state index contributed by atoms with van der Waals surface area (Å²) in [6.07, 6.45) is 1.17. The average Bonchev–Trinajstić information content (AvgIpc) is 3.30. The molecule has 0 saturated carbocycles. The topological polar surface area (TPSA) is 159 Å². The van der Waals surface area contributed by atoms with Gasteiger partial charge in [-0.1, -0.05) is 0 Å². The number of fused-ring (bicyclic) bond motifs is 2. The van der Waals surface area contributed by atoms with E-state index in [1.165, 1.54) is 4.90 Å². The van der Waals surface area contributed by atoms with Crippen LogP contribution in [0.4, 0.5) is 9.59 Å². The highest BCUT2D eigenvalue weighted by atomic mass is 32.3. The van der Waals surface area contributed by atoms with Gasteiger partial charge in [-0.05, 0) is 33.6 Å². The molecule has 2 atom stereocenters. The molecular formula is C19H30N6O8S. The maximum absolute atomic E-state index is 12.6. The van der Waals surface area contributed by atoms with Crippen LogP contribution in [0.1, 0.15) is 51.4 Å². The lowest BCUT2D eigenvalue weighted by molar-refractivity contribution is -0.0317. The molecule has 0 spiro atoms. The molecule has 3 amide bonds. The summed E-state index contributed by atoms with van der Waals surface area (Å²) in [5.41, 5.74) is -0.523. The first-order valence-corrected chi connectivity index (χ1v) is 12.6. The molecule has 34 heavy (non-hydrogen) atoms. The zero-order chi connectivity index (χ0) is 24.7. The molecule has 190 valence electrons. The Kier molecular flexibility index (Phi) is 6.72. The van der Waals surface area contributed by atoms with Gasteiger partial charge in [0.15, 0.2) is 0 Å². The number of urea groups is 1. The van der Waals surface area contributed by atoms with Crippen molar-refractivity contribution in [3.63, 3.8) is 0 Å². The maximum Gasteiger partial charge on any atom is 0.418 e. The second-order valence-electron chi connectivity index (χ2n) is 9.60. The van der Waals surface area contributed by atoms with Crippen molar-refractivity contribution in [3.05, 3.63) is 11.8 Å². The van der Waals surface area contributed by atoms with Gasteiger partial charge < -0.3 is 19.0 Å². The summed E-state index contributed by atoms with van der Waals surface area (Å²) in [5.74, 6) is 0.717. The van der Waals surface area contributed by atoms with Crippen LogP contribution < -0.4 is 0 Å². The lowest BCUT2D eigenvalue weighted by Gasteiger charge is -2.35. The Morgan fingerprint density at radius 2 is 1.88 bits per heavy atom. The van der Waals surface area contributed by atoms with Crippen molar-refractivity contribution in [1.29, 1.82) is 0 Å². The minimum atomic E-state index is -4.80. The van der Waals surface area contributed by atoms with E-state index in [1.807, 2.05) is 20.8 Å². The number of ether oxygens (including phenoxy) is 1. The van der Waals surface area contributed by atoms with Crippen LogP contribution in [-0.4, -0.2) is 106 Å². The summed E-state index contributed by atoms with van der Waals surface area (Å²) in [7, 11) is -4.80. The minimum absolute atomic E-state index is 0.235. The fourth-order valence-corrected chi connectivity index (χ4v) is 4.71. The van der Waals surface area contributed by atoms with Crippen LogP contribution in [0.3, 0.4) is 0 Å². The van der Waals surface area contributed by atoms with Crippen LogP contribution in [0.15, 0.2) is 4.42 Å². The van der Waals surface area contributed by atoms with Gasteiger partial charge in [-0.3, -0.25) is 9.45 Å². The standard InChI is InChI=1S/C19H30N6O8S/c1-19(2,3)32-18(27)23-10-8-22(9-11-23)7-6-15-20-21-16(31-15)14-5-4-13-12-24(14)17(26)25(13)33-34(28,29)30/h13-14H,4-12H2,1-3H3,(H,28,29,30)/t13-,14+/m1/s1. The molecule has 0 unspecified atom stereocenters. The van der Waals surface area contributed by atoms with E-state index in [4.69, 9.17) is 13.7 Å². The Bertz CT molecular complexity index is 1020. The second-order valence-corrected chi connectivity index (χ2v) is 10.6. The van der Waals surface area contributed by atoms with Crippen LogP contribution in [0.25, 0.3) is 0 Å². The molecule has 14 nitrogen and oxygen atoms in total. The van der Waals surface area contributed by atoms with E-state index in [2.05, 4.69) is 19.4 Å². The summed E-state index contributed by atoms with van der Waals surface area (Å²) < 4.78 is 46.6. The molecule has 1 aromatic rings. The van der Waals surface area contributed by atoms with Gasteiger partial charge in [-0.2, -0.15) is 13.5 Å². The number of aromatic nitrogens is 2. The third kappa shape index (κ3) is 5.76. The Balaban J connectivity index is 1.27. The fourth-order valence-electron chi connectivity index (χ4n) is 4.32. The van der Waals surface area contributed by atoms with Crippen molar-refractivity contribution in [3.8, 4) is 0 Å². The van der Waals surface area contributed by atoms with Crippen molar-refractivity contribution in [1.82, 2.24) is 30.0 Å². The number of piperidine rings is 1. The van der Waals surface area contributed by atoms with Crippen LogP contribution in [0.5, 0.6) is 0 Å². The summed E-state index contributed by atoms with van der Waals surface area (Å²) in [6.45, 7) is 9.00. The number of carbonyl (C=O) groups is 2. The highest BCUT2D eigenvalue weighted by Gasteiger charge is 2.49. The van der Waals surface area contributed by atoms with Gasteiger partial charge in [0.1, 0.15) is 11.6 Å². The molecule has 2 bridgehead atoms. The summed E-state index contributed by atoms with van der Waals surface area (Å²) in [6, 6.07) is -1.64. The number of rotatable bonds is 6. The molecule has 1 aromatic heterocycles. The largest absolute Gasteiger partial charge is 0.444 e. The number of carbonyl (C=O) groups excluding carboxylic acids is 2. The zero-order valence-electron chi connectivity index (χ0n) is 19.4. The average molecular weight is 503 g/mol. The van der Waals surface area contributed by atoms with Gasteiger partial charge in [0, 0.05) is 45.7 Å². The van der Waals surface area contributed by atoms with Crippen molar-refractivity contribution in [2.75, 3.05) is 39.3 Å². The SMILES string of the molecule is CC(C)(C)OC(=O)N1CCN(CCc2nnc([C@@H]3CC[C@@H]4CN3C(=O)N4OS(=O)(=O)O)o2)CC1. The number of hydrogen-bond acceptors (Lipinski definition) is 10. The van der Waals surface area contributed by atoms with E-state index in [-0.39, 0.29) is 18.5 Å². The van der Waals surface area contributed by atoms with Crippen molar-refractivity contribution in [2.45, 2.75) is 57.7 Å². The Labute approximate surface area is 197 Å². The molecule has 4 heterocycles. The van der Waals surface area contributed by atoms with E-state index in [0.717, 1.165) is 0 Å². The van der Waals surface area contributed by atoms with Crippen LogP contribution in [-0.2, 0) is 25.8 Å². The van der Waals surface area contributed by atoms with Crippen molar-refractivity contribution >= 4 is 22.5 Å². The lowest BCUT2D eigenvalue weighted by Crippen LogP contribution is -2.50. The Hall–Kier alpha value is -2.49. The summed E-state index contributed by atoms with van der Waals surface area (Å²) >= 11 is 0. The van der Waals surface area contributed by atoms with Crippen LogP contribution in [0, 0.1) is 0 Å². The third-order valence-corrected chi connectivity index (χ3v) is 6.28. The smallest absolute Gasteiger partial charge is 0.418 e. The van der Waals surface area contributed by atoms with Gasteiger partial charge in [0.25, 0.3) is 0 Å². The van der Waals surface area contributed by atoms with Gasteiger partial charge in [-0.25, -0.2) is 9.59 Å². The predicted molar refractivity (Wildman–Crippen MR) is 115 cm³/mol. The molecule has 15 heteroatoms. The maximum atomic E-state index is 12.6. The second kappa shape index (κ2) is 9.28. The van der Waals surface area contributed by atoms with Crippen LogP contribution >= 0.6 is 0 Å². The third-order valence-electron chi connectivity index (χ3n) is 5.93. The highest BCUT2D eigenvalue weighted by Crippen LogP contribution is 2.38. The van der Waals surface area contributed by atoms with E-state index in [1.54, 1.807) is 4.90 Å². The molecular weight excluding hydrogens is 472 g/mol. The van der Waals surface area contributed by atoms with E-state index in [0.29, 0.717) is 62.9 Å². The van der Waals surface area contributed by atoms with Gasteiger partial charge in [0.05, 0.1) is 6.04 Å². The summed E-state index contributed by atoms with van der Waals surface area (Å²) in [4.78, 5) is 30.1. The molecule has 3 saturated heterocycles. The van der Waals surface area contributed by atoms with Gasteiger partial charge in [-0.15, -0.1) is 14.5 Å². The minimum Gasteiger partial charge on any atom is -0.444 e. The van der Waals surface area contributed by atoms with E-state index < -0.39 is 34.1 Å². The number of hydrogen-bond donors (Lipinski definition) is 1. The van der Waals surface area contributed by atoms with Crippen LogP contribution in [0.2, 0.25) is 0 Å². The normalized spacial score (nSPS) is 24.1. The lowest BCUT2D eigenvalue weighted by atomic mass is 10.0. The van der Waals surface area contributed by atoms with E-state index in [9.17, 15) is 18.0 Å². The first kappa shape index (κ1) is 24.6. The van der Waals surface area contributed by atoms with Gasteiger partial charge >= 0.3 is 22.5 Å². The zero-order valence-corrected chi connectivity index (χ0v) is 20.2.